The van der Waals surface area contributed by atoms with E-state index in [1.807, 2.05) is 0 Å². The van der Waals surface area contributed by atoms with Crippen molar-refractivity contribution in [2.24, 2.45) is 0 Å². The average molecular weight is 300 g/mol. The number of fused-ring (bicyclic) bond motifs is 1. The number of hydrogen-bond acceptors (Lipinski definition) is 7. The molecule has 5 N–H and O–H groups in total. The van der Waals surface area contributed by atoms with Crippen LogP contribution in [0.5, 0.6) is 0 Å². The van der Waals surface area contributed by atoms with Gasteiger partial charge in [0.05, 0.1) is 12.9 Å². The molecule has 108 valence electrons. The number of aromatic nitrogens is 4. The van der Waals surface area contributed by atoms with Gasteiger partial charge in [-0.1, -0.05) is 0 Å². The number of aliphatic hydroxyl groups excluding tert-OH is 3. The smallest absolute Gasteiger partial charge is 0.276 e. The third-order valence-corrected chi connectivity index (χ3v) is 3.58. The van der Waals surface area contributed by atoms with Crippen LogP contribution in [0.4, 0.5) is 0 Å². The molecule has 1 aliphatic heterocycles. The molecule has 0 saturated carbocycles. The zero-order chi connectivity index (χ0) is 14.4. The zero-order valence-corrected chi connectivity index (χ0v) is 10.9. The van der Waals surface area contributed by atoms with Gasteiger partial charge in [-0.25, -0.2) is 4.98 Å². The summed E-state index contributed by atoms with van der Waals surface area (Å²) in [5, 5.41) is 28.9. The summed E-state index contributed by atoms with van der Waals surface area (Å²) < 4.78 is 6.82. The Morgan fingerprint density at radius 1 is 1.45 bits per heavy atom. The number of aromatic amines is 2. The van der Waals surface area contributed by atoms with Crippen molar-refractivity contribution in [1.82, 2.24) is 19.5 Å². The van der Waals surface area contributed by atoms with E-state index in [1.54, 1.807) is 0 Å². The molecule has 3 rings (SSSR count). The lowest BCUT2D eigenvalue weighted by atomic mass is 10.1. The van der Waals surface area contributed by atoms with Crippen LogP contribution in [0.25, 0.3) is 11.2 Å². The highest BCUT2D eigenvalue weighted by molar-refractivity contribution is 7.71. The van der Waals surface area contributed by atoms with Gasteiger partial charge >= 0.3 is 0 Å². The first-order valence-corrected chi connectivity index (χ1v) is 6.25. The van der Waals surface area contributed by atoms with Crippen molar-refractivity contribution in [1.29, 1.82) is 0 Å². The SMILES string of the molecule is O=c1[nH]cnc2c1[nH]c(=S)n2[C@@H]1O[C@H](CO)C(O)C1O. The van der Waals surface area contributed by atoms with Crippen LogP contribution in [-0.4, -0.2) is 59.8 Å². The molecule has 10 heteroatoms. The van der Waals surface area contributed by atoms with Crippen molar-refractivity contribution in [3.8, 4) is 0 Å². The number of rotatable bonds is 2. The Morgan fingerprint density at radius 2 is 2.20 bits per heavy atom. The second-order valence-corrected chi connectivity index (χ2v) is 4.85. The molecular weight excluding hydrogens is 288 g/mol. The number of H-pyrrole nitrogens is 2. The number of hydrogen-bond donors (Lipinski definition) is 5. The minimum Gasteiger partial charge on any atom is -0.394 e. The van der Waals surface area contributed by atoms with Gasteiger partial charge in [-0.2, -0.15) is 0 Å². The van der Waals surface area contributed by atoms with E-state index < -0.39 is 36.7 Å². The Morgan fingerprint density at radius 3 is 2.85 bits per heavy atom. The molecule has 4 atom stereocenters. The second-order valence-electron chi connectivity index (χ2n) is 4.46. The molecule has 1 saturated heterocycles. The average Bonchev–Trinajstić information content (AvgIpc) is 2.90. The fourth-order valence-corrected chi connectivity index (χ4v) is 2.57. The van der Waals surface area contributed by atoms with E-state index in [1.165, 1.54) is 10.9 Å². The van der Waals surface area contributed by atoms with Crippen LogP contribution >= 0.6 is 12.2 Å². The van der Waals surface area contributed by atoms with Gasteiger partial charge in [0.25, 0.3) is 5.56 Å². The van der Waals surface area contributed by atoms with Crippen LogP contribution in [0.2, 0.25) is 0 Å². The van der Waals surface area contributed by atoms with Gasteiger partial charge in [0.15, 0.2) is 22.2 Å². The first kappa shape index (κ1) is 13.4. The molecule has 9 nitrogen and oxygen atoms in total. The third-order valence-electron chi connectivity index (χ3n) is 3.28. The summed E-state index contributed by atoms with van der Waals surface area (Å²) in [6.07, 6.45) is -3.30. The van der Waals surface area contributed by atoms with Crippen molar-refractivity contribution in [3.63, 3.8) is 0 Å². The molecule has 0 bridgehead atoms. The van der Waals surface area contributed by atoms with E-state index in [9.17, 15) is 15.0 Å². The van der Waals surface area contributed by atoms with Gasteiger partial charge in [0, 0.05) is 0 Å². The maximum atomic E-state index is 11.6. The zero-order valence-electron chi connectivity index (χ0n) is 10.1. The molecule has 0 aliphatic carbocycles. The number of nitrogens with one attached hydrogen (secondary N) is 2. The summed E-state index contributed by atoms with van der Waals surface area (Å²) in [7, 11) is 0. The summed E-state index contributed by atoms with van der Waals surface area (Å²) in [4.78, 5) is 20.7. The van der Waals surface area contributed by atoms with Crippen molar-refractivity contribution in [2.45, 2.75) is 24.5 Å². The lowest BCUT2D eigenvalue weighted by molar-refractivity contribution is -0.0517. The Kier molecular flexibility index (Phi) is 3.18. The molecule has 0 amide bonds. The van der Waals surface area contributed by atoms with Crippen molar-refractivity contribution < 1.29 is 20.1 Å². The predicted octanol–water partition coefficient (Wildman–Crippen LogP) is -1.61. The molecule has 0 aromatic carbocycles. The van der Waals surface area contributed by atoms with Gasteiger partial charge in [-0.15, -0.1) is 0 Å². The minimum absolute atomic E-state index is 0.124. The van der Waals surface area contributed by atoms with Crippen LogP contribution in [0.3, 0.4) is 0 Å². The molecule has 2 aromatic rings. The van der Waals surface area contributed by atoms with Crippen LogP contribution in [0.1, 0.15) is 6.23 Å². The summed E-state index contributed by atoms with van der Waals surface area (Å²) in [6.45, 7) is -0.446. The van der Waals surface area contributed by atoms with E-state index in [-0.39, 0.29) is 15.9 Å². The first-order valence-electron chi connectivity index (χ1n) is 5.85. The Hall–Kier alpha value is -1.59. The second kappa shape index (κ2) is 4.75. The fraction of sp³-hybridized carbons (Fsp3) is 0.500. The maximum Gasteiger partial charge on any atom is 0.276 e. The molecule has 1 fully saturated rings. The van der Waals surface area contributed by atoms with Gasteiger partial charge < -0.3 is 30.0 Å². The summed E-state index contributed by atoms with van der Waals surface area (Å²) in [5.41, 5.74) is -0.0598. The standard InChI is InChI=1S/C10H12N4O5S/c15-1-3-5(16)6(17)9(19-3)14-7-4(13-10(14)20)8(18)12-2-11-7/h2-3,5-6,9,15-17H,1H2,(H,13,20)(H,11,12,18)/t3-,5?,6?,9-/m1/s1. The van der Waals surface area contributed by atoms with E-state index in [0.717, 1.165) is 0 Å². The summed E-state index contributed by atoms with van der Waals surface area (Å²) in [5.74, 6) is 0. The first-order chi connectivity index (χ1) is 9.54. The lowest BCUT2D eigenvalue weighted by Crippen LogP contribution is -2.33. The Balaban J connectivity index is 2.16. The van der Waals surface area contributed by atoms with Crippen LogP contribution in [0.15, 0.2) is 11.1 Å². The van der Waals surface area contributed by atoms with E-state index in [2.05, 4.69) is 15.0 Å². The highest BCUT2D eigenvalue weighted by Crippen LogP contribution is 2.31. The highest BCUT2D eigenvalue weighted by Gasteiger charge is 2.44. The summed E-state index contributed by atoms with van der Waals surface area (Å²) >= 11 is 5.10. The topological polar surface area (TPSA) is 136 Å². The molecule has 0 radical (unpaired) electrons. The molecule has 1 aliphatic rings. The normalized spacial score (nSPS) is 30.1. The molecule has 20 heavy (non-hydrogen) atoms. The van der Waals surface area contributed by atoms with Crippen LogP contribution in [-0.2, 0) is 4.74 Å². The van der Waals surface area contributed by atoms with Crippen molar-refractivity contribution in [2.75, 3.05) is 6.61 Å². The number of ether oxygens (including phenoxy) is 1. The highest BCUT2D eigenvalue weighted by atomic mass is 32.1. The minimum atomic E-state index is -1.29. The van der Waals surface area contributed by atoms with Crippen LogP contribution < -0.4 is 5.56 Å². The number of imidazole rings is 1. The Labute approximate surface area is 116 Å². The van der Waals surface area contributed by atoms with Crippen LogP contribution in [0, 0.1) is 4.77 Å². The molecular formula is C10H12N4O5S. The van der Waals surface area contributed by atoms with E-state index >= 15 is 0 Å². The van der Waals surface area contributed by atoms with E-state index in [0.29, 0.717) is 0 Å². The number of aliphatic hydroxyl groups is 3. The molecule has 0 spiro atoms. The van der Waals surface area contributed by atoms with Crippen molar-refractivity contribution in [3.05, 3.63) is 21.5 Å². The molecule has 2 aromatic heterocycles. The van der Waals surface area contributed by atoms with E-state index in [4.69, 9.17) is 22.1 Å². The quantitative estimate of drug-likeness (QED) is 0.421. The van der Waals surface area contributed by atoms with Crippen molar-refractivity contribution >= 4 is 23.4 Å². The molecule has 2 unspecified atom stereocenters. The van der Waals surface area contributed by atoms with Gasteiger partial charge in [0.1, 0.15) is 18.3 Å². The van der Waals surface area contributed by atoms with Gasteiger partial charge in [0.2, 0.25) is 0 Å². The number of nitrogens with zero attached hydrogens (tertiary/aromatic N) is 2. The monoisotopic (exact) mass is 300 g/mol. The fourth-order valence-electron chi connectivity index (χ4n) is 2.28. The Bertz CT molecular complexity index is 752. The third kappa shape index (κ3) is 1.81. The summed E-state index contributed by atoms with van der Waals surface area (Å²) in [6, 6.07) is 0. The van der Waals surface area contributed by atoms with Gasteiger partial charge in [-0.05, 0) is 12.2 Å². The molecule has 3 heterocycles. The maximum absolute atomic E-state index is 11.6. The predicted molar refractivity (Wildman–Crippen MR) is 68.5 cm³/mol. The van der Waals surface area contributed by atoms with Gasteiger partial charge in [-0.3, -0.25) is 9.36 Å². The lowest BCUT2D eigenvalue weighted by Gasteiger charge is -2.16. The largest absolute Gasteiger partial charge is 0.394 e.